The highest BCUT2D eigenvalue weighted by Gasteiger charge is 2.23. The lowest BCUT2D eigenvalue weighted by Gasteiger charge is -2.29. The van der Waals surface area contributed by atoms with Gasteiger partial charge in [0.25, 0.3) is 5.56 Å². The van der Waals surface area contributed by atoms with Gasteiger partial charge in [-0.25, -0.2) is 19.5 Å². The van der Waals surface area contributed by atoms with E-state index in [1.165, 1.54) is 11.3 Å². The predicted octanol–water partition coefficient (Wildman–Crippen LogP) is 2.88. The number of morpholine rings is 1. The lowest BCUT2D eigenvalue weighted by Crippen LogP contribution is -2.40. The molecule has 9 heteroatoms. The zero-order valence-corrected chi connectivity index (χ0v) is 15.7. The summed E-state index contributed by atoms with van der Waals surface area (Å²) in [7, 11) is 0. The monoisotopic (exact) mass is 399 g/mol. The van der Waals surface area contributed by atoms with Crippen molar-refractivity contribution in [3.05, 3.63) is 52.0 Å². The molecule has 0 amide bonds. The fourth-order valence-corrected chi connectivity index (χ4v) is 4.30. The van der Waals surface area contributed by atoms with Crippen molar-refractivity contribution in [1.29, 1.82) is 0 Å². The molecule has 0 unspecified atom stereocenters. The Morgan fingerprint density at radius 2 is 1.78 bits per heavy atom. The third kappa shape index (κ3) is 2.77. The number of hydrogen-bond acceptors (Lipinski definition) is 7. The zero-order valence-electron chi connectivity index (χ0n) is 14.1. The SMILES string of the molecule is O=c1c2sc3nccnc3c2nc(N2CCOCC2)n1-c1ccc(Cl)cc1. The molecule has 1 aliphatic heterocycles. The first kappa shape index (κ1) is 16.6. The number of ether oxygens (including phenoxy) is 1. The second kappa shape index (κ2) is 6.56. The van der Waals surface area contributed by atoms with Crippen molar-refractivity contribution < 1.29 is 4.74 Å². The smallest absolute Gasteiger partial charge is 0.277 e. The fraction of sp³-hybridized carbons (Fsp3) is 0.222. The Balaban J connectivity index is 1.84. The maximum absolute atomic E-state index is 13.4. The van der Waals surface area contributed by atoms with E-state index in [1.807, 2.05) is 12.1 Å². The van der Waals surface area contributed by atoms with Crippen LogP contribution >= 0.6 is 22.9 Å². The van der Waals surface area contributed by atoms with Crippen molar-refractivity contribution in [2.45, 2.75) is 0 Å². The summed E-state index contributed by atoms with van der Waals surface area (Å²) in [6.07, 6.45) is 3.24. The minimum Gasteiger partial charge on any atom is -0.378 e. The Kier molecular flexibility index (Phi) is 4.04. The lowest BCUT2D eigenvalue weighted by molar-refractivity contribution is 0.122. The Hall–Kier alpha value is -2.55. The standard InChI is InChI=1S/C18H14ClN5O2S/c19-11-1-3-12(4-2-11)24-17(25)15-13(14-16(27-15)21-6-5-20-14)22-18(24)23-7-9-26-10-8-23/h1-6H,7-10H2. The van der Waals surface area contributed by atoms with E-state index < -0.39 is 0 Å². The Labute approximate surface area is 162 Å². The maximum Gasteiger partial charge on any atom is 0.277 e. The van der Waals surface area contributed by atoms with E-state index in [-0.39, 0.29) is 5.56 Å². The van der Waals surface area contributed by atoms with E-state index in [0.717, 1.165) is 5.69 Å². The number of thiophene rings is 1. The van der Waals surface area contributed by atoms with Gasteiger partial charge in [-0.1, -0.05) is 11.6 Å². The largest absolute Gasteiger partial charge is 0.378 e. The highest BCUT2D eigenvalue weighted by Crippen LogP contribution is 2.30. The van der Waals surface area contributed by atoms with Crippen LogP contribution < -0.4 is 10.5 Å². The number of nitrogens with zero attached hydrogens (tertiary/aromatic N) is 5. The Morgan fingerprint density at radius 1 is 1.04 bits per heavy atom. The van der Waals surface area contributed by atoms with E-state index in [4.69, 9.17) is 21.3 Å². The quantitative estimate of drug-likeness (QED) is 0.516. The van der Waals surface area contributed by atoms with Crippen LogP contribution in [0.25, 0.3) is 26.3 Å². The average molecular weight is 400 g/mol. The number of benzene rings is 1. The molecule has 5 rings (SSSR count). The van der Waals surface area contributed by atoms with Gasteiger partial charge in [0.05, 0.1) is 18.9 Å². The summed E-state index contributed by atoms with van der Waals surface area (Å²) in [5, 5.41) is 0.615. The fourth-order valence-electron chi connectivity index (χ4n) is 3.20. The van der Waals surface area contributed by atoms with Gasteiger partial charge in [-0.3, -0.25) is 4.79 Å². The first-order valence-electron chi connectivity index (χ1n) is 8.47. The van der Waals surface area contributed by atoms with Crippen LogP contribution in [0.1, 0.15) is 0 Å². The third-order valence-electron chi connectivity index (χ3n) is 4.49. The molecule has 7 nitrogen and oxygen atoms in total. The Bertz CT molecular complexity index is 1200. The van der Waals surface area contributed by atoms with Gasteiger partial charge in [0.15, 0.2) is 0 Å². The second-order valence-electron chi connectivity index (χ2n) is 6.12. The predicted molar refractivity (Wildman–Crippen MR) is 106 cm³/mol. The third-order valence-corrected chi connectivity index (χ3v) is 5.81. The molecule has 136 valence electrons. The molecule has 4 heterocycles. The first-order chi connectivity index (χ1) is 13.2. The van der Waals surface area contributed by atoms with Crippen LogP contribution in [0.5, 0.6) is 0 Å². The molecular formula is C18H14ClN5O2S. The lowest BCUT2D eigenvalue weighted by atomic mass is 10.3. The van der Waals surface area contributed by atoms with E-state index in [1.54, 1.807) is 29.1 Å². The van der Waals surface area contributed by atoms with Crippen molar-refractivity contribution in [3.8, 4) is 5.69 Å². The molecule has 0 atom stereocenters. The van der Waals surface area contributed by atoms with Gasteiger partial charge < -0.3 is 9.64 Å². The van der Waals surface area contributed by atoms with Crippen molar-refractivity contribution in [1.82, 2.24) is 19.5 Å². The molecule has 0 aliphatic carbocycles. The molecule has 0 N–H and O–H groups in total. The molecule has 1 aliphatic rings. The summed E-state index contributed by atoms with van der Waals surface area (Å²) in [5.41, 5.74) is 1.85. The molecule has 0 saturated carbocycles. The van der Waals surface area contributed by atoms with E-state index in [0.29, 0.717) is 57.8 Å². The summed E-state index contributed by atoms with van der Waals surface area (Å²) in [6, 6.07) is 7.19. The van der Waals surface area contributed by atoms with Gasteiger partial charge >= 0.3 is 0 Å². The van der Waals surface area contributed by atoms with Crippen LogP contribution in [0, 0.1) is 0 Å². The highest BCUT2D eigenvalue weighted by molar-refractivity contribution is 7.25. The van der Waals surface area contributed by atoms with E-state index in [9.17, 15) is 4.79 Å². The van der Waals surface area contributed by atoms with Crippen LogP contribution in [0.15, 0.2) is 41.5 Å². The molecule has 0 bridgehead atoms. The van der Waals surface area contributed by atoms with Gasteiger partial charge in [0.2, 0.25) is 5.95 Å². The van der Waals surface area contributed by atoms with Crippen LogP contribution in [-0.4, -0.2) is 45.8 Å². The van der Waals surface area contributed by atoms with Gasteiger partial charge in [-0.15, -0.1) is 11.3 Å². The molecule has 3 aromatic heterocycles. The summed E-state index contributed by atoms with van der Waals surface area (Å²) in [6.45, 7) is 2.52. The van der Waals surface area contributed by atoms with E-state index >= 15 is 0 Å². The van der Waals surface area contributed by atoms with E-state index in [2.05, 4.69) is 14.9 Å². The van der Waals surface area contributed by atoms with Crippen LogP contribution in [-0.2, 0) is 4.74 Å². The number of halogens is 1. The number of anilines is 1. The molecule has 1 aromatic carbocycles. The molecule has 1 fully saturated rings. The van der Waals surface area contributed by atoms with Crippen molar-refractivity contribution in [3.63, 3.8) is 0 Å². The van der Waals surface area contributed by atoms with Crippen LogP contribution in [0.4, 0.5) is 5.95 Å². The van der Waals surface area contributed by atoms with Gasteiger partial charge in [0.1, 0.15) is 20.6 Å². The van der Waals surface area contributed by atoms with Crippen LogP contribution in [0.2, 0.25) is 5.02 Å². The summed E-state index contributed by atoms with van der Waals surface area (Å²) >= 11 is 7.35. The minimum absolute atomic E-state index is 0.131. The van der Waals surface area contributed by atoms with Gasteiger partial charge in [-0.2, -0.15) is 0 Å². The topological polar surface area (TPSA) is 73.1 Å². The molecular weight excluding hydrogens is 386 g/mol. The van der Waals surface area contributed by atoms with Crippen molar-refractivity contribution >= 4 is 49.4 Å². The molecule has 27 heavy (non-hydrogen) atoms. The molecule has 4 aromatic rings. The van der Waals surface area contributed by atoms with Crippen molar-refractivity contribution in [2.24, 2.45) is 0 Å². The molecule has 0 radical (unpaired) electrons. The molecule has 0 spiro atoms. The highest BCUT2D eigenvalue weighted by atomic mass is 35.5. The van der Waals surface area contributed by atoms with Crippen molar-refractivity contribution in [2.75, 3.05) is 31.2 Å². The number of aromatic nitrogens is 4. The van der Waals surface area contributed by atoms with Gasteiger partial charge in [-0.05, 0) is 24.3 Å². The summed E-state index contributed by atoms with van der Waals surface area (Å²) in [4.78, 5) is 29.8. The average Bonchev–Trinajstić information content (AvgIpc) is 3.09. The first-order valence-corrected chi connectivity index (χ1v) is 9.67. The summed E-state index contributed by atoms with van der Waals surface area (Å²) < 4.78 is 7.64. The van der Waals surface area contributed by atoms with Crippen LogP contribution in [0.3, 0.4) is 0 Å². The number of fused-ring (bicyclic) bond motifs is 3. The zero-order chi connectivity index (χ0) is 18.4. The maximum atomic E-state index is 13.4. The molecule has 1 saturated heterocycles. The second-order valence-corrected chi connectivity index (χ2v) is 7.55. The Morgan fingerprint density at radius 3 is 2.56 bits per heavy atom. The minimum atomic E-state index is -0.131. The summed E-state index contributed by atoms with van der Waals surface area (Å²) in [5.74, 6) is 0.587. The number of hydrogen-bond donors (Lipinski definition) is 0. The normalized spacial score (nSPS) is 14.9. The number of rotatable bonds is 2. The van der Waals surface area contributed by atoms with Gasteiger partial charge in [0, 0.05) is 30.5 Å².